The predicted molar refractivity (Wildman–Crippen MR) is 80.8 cm³/mol. The second-order valence-electron chi connectivity index (χ2n) is 5.67. The molecule has 3 rings (SSSR count). The van der Waals surface area contributed by atoms with E-state index in [0.29, 0.717) is 5.92 Å². The van der Waals surface area contributed by atoms with E-state index >= 15 is 0 Å². The van der Waals surface area contributed by atoms with Gasteiger partial charge in [0.25, 0.3) is 0 Å². The molecular weight excluding hydrogens is 264 g/mol. The summed E-state index contributed by atoms with van der Waals surface area (Å²) >= 11 is 0. The molecule has 0 bridgehead atoms. The molecule has 0 aliphatic carbocycles. The Bertz CT molecular complexity index is 585. The maximum absolute atomic E-state index is 4.43. The number of rotatable bonds is 5. The van der Waals surface area contributed by atoms with Crippen molar-refractivity contribution in [1.29, 1.82) is 0 Å². The molecule has 0 aromatic carbocycles. The minimum Gasteiger partial charge on any atom is -0.298 e. The number of nitrogens with one attached hydrogen (secondary N) is 1. The molecule has 0 saturated carbocycles. The standard InChI is InChI=1S/C15H22N6/c1-3-6-21-12(2)14(8-18-21)10-20-7-4-5-13(9-20)15-16-11-17-19-15/h3,8,11,13H,1,4-7,9-10H2,2H3,(H,16,17,19). The Balaban J connectivity index is 1.66. The van der Waals surface area contributed by atoms with E-state index < -0.39 is 0 Å². The first-order valence-electron chi connectivity index (χ1n) is 7.47. The van der Waals surface area contributed by atoms with Crippen LogP contribution >= 0.6 is 0 Å². The molecule has 1 N–H and O–H groups in total. The van der Waals surface area contributed by atoms with Crippen LogP contribution in [0.2, 0.25) is 0 Å². The quantitative estimate of drug-likeness (QED) is 0.852. The van der Waals surface area contributed by atoms with Gasteiger partial charge in [0.05, 0.1) is 12.7 Å². The van der Waals surface area contributed by atoms with Gasteiger partial charge in [0.2, 0.25) is 0 Å². The van der Waals surface area contributed by atoms with Crippen molar-refractivity contribution in [3.63, 3.8) is 0 Å². The second kappa shape index (κ2) is 6.22. The summed E-state index contributed by atoms with van der Waals surface area (Å²) in [5.74, 6) is 1.48. The summed E-state index contributed by atoms with van der Waals surface area (Å²) in [6, 6.07) is 0. The van der Waals surface area contributed by atoms with E-state index in [9.17, 15) is 0 Å². The van der Waals surface area contributed by atoms with Crippen LogP contribution in [-0.4, -0.2) is 43.0 Å². The van der Waals surface area contributed by atoms with Crippen molar-refractivity contribution in [3.05, 3.63) is 42.3 Å². The number of piperidine rings is 1. The molecule has 1 unspecified atom stereocenters. The highest BCUT2D eigenvalue weighted by Crippen LogP contribution is 2.25. The fraction of sp³-hybridized carbons (Fsp3) is 0.533. The van der Waals surface area contributed by atoms with Crippen molar-refractivity contribution in [2.45, 2.75) is 38.8 Å². The first kappa shape index (κ1) is 14.0. The fourth-order valence-corrected chi connectivity index (χ4v) is 3.02. The van der Waals surface area contributed by atoms with Gasteiger partial charge in [-0.3, -0.25) is 14.7 Å². The molecule has 2 aromatic rings. The van der Waals surface area contributed by atoms with Gasteiger partial charge in [0.1, 0.15) is 12.2 Å². The van der Waals surface area contributed by atoms with Crippen molar-refractivity contribution in [2.24, 2.45) is 0 Å². The molecule has 1 aliphatic rings. The number of aromatic nitrogens is 5. The Morgan fingerprint density at radius 3 is 3.19 bits per heavy atom. The highest BCUT2D eigenvalue weighted by atomic mass is 15.3. The van der Waals surface area contributed by atoms with Crippen LogP contribution in [0.25, 0.3) is 0 Å². The van der Waals surface area contributed by atoms with E-state index in [4.69, 9.17) is 0 Å². The van der Waals surface area contributed by atoms with E-state index in [-0.39, 0.29) is 0 Å². The highest BCUT2D eigenvalue weighted by molar-refractivity contribution is 5.16. The van der Waals surface area contributed by atoms with E-state index in [1.165, 1.54) is 24.1 Å². The third kappa shape index (κ3) is 3.05. The van der Waals surface area contributed by atoms with Crippen LogP contribution in [-0.2, 0) is 13.1 Å². The maximum atomic E-state index is 4.43. The second-order valence-corrected chi connectivity index (χ2v) is 5.67. The van der Waals surface area contributed by atoms with Crippen LogP contribution in [0.15, 0.2) is 25.2 Å². The molecule has 1 saturated heterocycles. The topological polar surface area (TPSA) is 62.6 Å². The molecule has 21 heavy (non-hydrogen) atoms. The van der Waals surface area contributed by atoms with Crippen molar-refractivity contribution < 1.29 is 0 Å². The largest absolute Gasteiger partial charge is 0.298 e. The molecule has 0 amide bonds. The van der Waals surface area contributed by atoms with Crippen molar-refractivity contribution in [3.8, 4) is 0 Å². The molecular formula is C15H22N6. The van der Waals surface area contributed by atoms with E-state index in [1.807, 2.05) is 17.0 Å². The van der Waals surface area contributed by atoms with Crippen LogP contribution < -0.4 is 0 Å². The third-order valence-electron chi connectivity index (χ3n) is 4.23. The summed E-state index contributed by atoms with van der Waals surface area (Å²) in [7, 11) is 0. The first-order chi connectivity index (χ1) is 10.3. The van der Waals surface area contributed by atoms with Crippen LogP contribution in [0.3, 0.4) is 0 Å². The number of nitrogens with zero attached hydrogens (tertiary/aromatic N) is 5. The molecule has 6 heteroatoms. The predicted octanol–water partition coefficient (Wildman–Crippen LogP) is 1.88. The van der Waals surface area contributed by atoms with Gasteiger partial charge < -0.3 is 0 Å². The van der Waals surface area contributed by atoms with Gasteiger partial charge in [-0.1, -0.05) is 6.08 Å². The summed E-state index contributed by atoms with van der Waals surface area (Å²) in [6.07, 6.45) is 7.84. The maximum Gasteiger partial charge on any atom is 0.137 e. The fourth-order valence-electron chi connectivity index (χ4n) is 3.02. The Kier molecular flexibility index (Phi) is 4.15. The zero-order valence-corrected chi connectivity index (χ0v) is 12.5. The molecule has 6 nitrogen and oxygen atoms in total. The van der Waals surface area contributed by atoms with E-state index in [1.54, 1.807) is 6.33 Å². The zero-order valence-electron chi connectivity index (χ0n) is 12.5. The van der Waals surface area contributed by atoms with E-state index in [0.717, 1.165) is 32.0 Å². The lowest BCUT2D eigenvalue weighted by atomic mass is 9.97. The lowest BCUT2D eigenvalue weighted by Gasteiger charge is -2.31. The summed E-state index contributed by atoms with van der Waals surface area (Å²) < 4.78 is 2.00. The Morgan fingerprint density at radius 1 is 1.52 bits per heavy atom. The normalized spacial score (nSPS) is 19.8. The average Bonchev–Trinajstić information content (AvgIpc) is 3.13. The highest BCUT2D eigenvalue weighted by Gasteiger charge is 2.24. The summed E-state index contributed by atoms with van der Waals surface area (Å²) in [4.78, 5) is 6.79. The van der Waals surface area contributed by atoms with Gasteiger partial charge in [0, 0.05) is 30.3 Å². The van der Waals surface area contributed by atoms with Crippen molar-refractivity contribution in [1.82, 2.24) is 29.9 Å². The van der Waals surface area contributed by atoms with Crippen LogP contribution in [0.1, 0.15) is 35.8 Å². The smallest absolute Gasteiger partial charge is 0.137 e. The summed E-state index contributed by atoms with van der Waals surface area (Å²) in [5.41, 5.74) is 2.53. The molecule has 1 aliphatic heterocycles. The van der Waals surface area contributed by atoms with Gasteiger partial charge in [-0.05, 0) is 26.3 Å². The van der Waals surface area contributed by atoms with Crippen LogP contribution in [0, 0.1) is 6.92 Å². The molecule has 1 fully saturated rings. The minimum absolute atomic E-state index is 0.463. The number of allylic oxidation sites excluding steroid dienone is 1. The average molecular weight is 286 g/mol. The summed E-state index contributed by atoms with van der Waals surface area (Å²) in [5, 5.41) is 11.4. The monoisotopic (exact) mass is 286 g/mol. The zero-order chi connectivity index (χ0) is 14.7. The molecule has 0 radical (unpaired) electrons. The molecule has 3 heterocycles. The SMILES string of the molecule is C=CCn1ncc(CN2CCCC(c3ncn[nH]3)C2)c1C. The number of H-pyrrole nitrogens is 1. The first-order valence-corrected chi connectivity index (χ1v) is 7.47. The number of aromatic amines is 1. The van der Waals surface area contributed by atoms with Crippen LogP contribution in [0.4, 0.5) is 0 Å². The molecule has 0 spiro atoms. The Hall–Kier alpha value is -1.95. The molecule has 112 valence electrons. The van der Waals surface area contributed by atoms with E-state index in [2.05, 4.69) is 38.7 Å². The molecule has 1 atom stereocenters. The van der Waals surface area contributed by atoms with Gasteiger partial charge in [-0.25, -0.2) is 4.98 Å². The van der Waals surface area contributed by atoms with Crippen molar-refractivity contribution >= 4 is 0 Å². The van der Waals surface area contributed by atoms with Gasteiger partial charge >= 0.3 is 0 Å². The van der Waals surface area contributed by atoms with Gasteiger partial charge in [-0.2, -0.15) is 10.2 Å². The van der Waals surface area contributed by atoms with Crippen LogP contribution in [0.5, 0.6) is 0 Å². The van der Waals surface area contributed by atoms with Crippen molar-refractivity contribution in [2.75, 3.05) is 13.1 Å². The minimum atomic E-state index is 0.463. The third-order valence-corrected chi connectivity index (χ3v) is 4.23. The lowest BCUT2D eigenvalue weighted by Crippen LogP contribution is -2.34. The lowest BCUT2D eigenvalue weighted by molar-refractivity contribution is 0.196. The Labute approximate surface area is 124 Å². The molecule has 2 aromatic heterocycles. The number of likely N-dealkylation sites (tertiary alicyclic amines) is 1. The van der Waals surface area contributed by atoms with Gasteiger partial charge in [0.15, 0.2) is 0 Å². The number of hydrogen-bond acceptors (Lipinski definition) is 4. The van der Waals surface area contributed by atoms with Gasteiger partial charge in [-0.15, -0.1) is 6.58 Å². The summed E-state index contributed by atoms with van der Waals surface area (Å²) in [6.45, 7) is 9.79. The Morgan fingerprint density at radius 2 is 2.43 bits per heavy atom. The number of hydrogen-bond donors (Lipinski definition) is 1.